The van der Waals surface area contributed by atoms with E-state index in [0.717, 1.165) is 19.3 Å². The number of nitrogens with two attached hydrogens (primary N) is 1. The standard InChI is InChI=1S/C9H13N3O2/c1-14-9(3-2-4-9)8-11-6(10)5-7(13)12-8/h5H,2-4H2,1H3,(H3,10,11,12,13). The van der Waals surface area contributed by atoms with E-state index in [1.165, 1.54) is 6.07 Å². The maximum atomic E-state index is 11.2. The molecular formula is C9H13N3O2. The summed E-state index contributed by atoms with van der Waals surface area (Å²) in [5.74, 6) is 0.795. The number of ether oxygens (including phenoxy) is 1. The molecule has 1 aliphatic carbocycles. The van der Waals surface area contributed by atoms with Gasteiger partial charge in [-0.3, -0.25) is 4.79 Å². The molecule has 1 saturated carbocycles. The fourth-order valence-corrected chi connectivity index (χ4v) is 1.73. The summed E-state index contributed by atoms with van der Waals surface area (Å²) in [6.07, 6.45) is 2.86. The van der Waals surface area contributed by atoms with E-state index in [1.54, 1.807) is 7.11 Å². The van der Waals surface area contributed by atoms with E-state index in [2.05, 4.69) is 9.97 Å². The summed E-state index contributed by atoms with van der Waals surface area (Å²) in [6.45, 7) is 0. The molecule has 0 bridgehead atoms. The maximum Gasteiger partial charge on any atom is 0.253 e. The molecular weight excluding hydrogens is 182 g/mol. The van der Waals surface area contributed by atoms with Gasteiger partial charge in [-0.25, -0.2) is 4.98 Å². The van der Waals surface area contributed by atoms with Crippen LogP contribution in [0.3, 0.4) is 0 Å². The highest BCUT2D eigenvalue weighted by molar-refractivity contribution is 5.27. The predicted octanol–water partition coefficient (Wildman–Crippen LogP) is 0.378. The van der Waals surface area contributed by atoms with Gasteiger partial charge >= 0.3 is 0 Å². The number of nitrogen functional groups attached to an aromatic ring is 1. The van der Waals surface area contributed by atoms with E-state index in [9.17, 15) is 4.79 Å². The van der Waals surface area contributed by atoms with Crippen LogP contribution in [-0.4, -0.2) is 17.1 Å². The number of methoxy groups -OCH3 is 1. The Balaban J connectivity index is 2.44. The molecule has 76 valence electrons. The summed E-state index contributed by atoms with van der Waals surface area (Å²) in [5.41, 5.74) is 4.87. The van der Waals surface area contributed by atoms with Crippen molar-refractivity contribution in [2.75, 3.05) is 12.8 Å². The van der Waals surface area contributed by atoms with E-state index >= 15 is 0 Å². The van der Waals surface area contributed by atoms with Crippen molar-refractivity contribution in [3.05, 3.63) is 22.2 Å². The number of nitrogens with one attached hydrogen (secondary N) is 1. The molecule has 0 aromatic carbocycles. The third kappa shape index (κ3) is 1.29. The van der Waals surface area contributed by atoms with Gasteiger partial charge < -0.3 is 15.5 Å². The van der Waals surface area contributed by atoms with Crippen LogP contribution < -0.4 is 11.3 Å². The lowest BCUT2D eigenvalue weighted by atomic mass is 9.79. The van der Waals surface area contributed by atoms with Crippen molar-refractivity contribution in [1.82, 2.24) is 9.97 Å². The Morgan fingerprint density at radius 1 is 1.64 bits per heavy atom. The Hall–Kier alpha value is -1.36. The van der Waals surface area contributed by atoms with Gasteiger partial charge in [-0.15, -0.1) is 0 Å². The van der Waals surface area contributed by atoms with Gasteiger partial charge in [-0.05, 0) is 19.3 Å². The van der Waals surface area contributed by atoms with Crippen molar-refractivity contribution in [3.8, 4) is 0 Å². The molecule has 0 amide bonds. The van der Waals surface area contributed by atoms with Crippen molar-refractivity contribution in [3.63, 3.8) is 0 Å². The minimum absolute atomic E-state index is 0.226. The summed E-state index contributed by atoms with van der Waals surface area (Å²) in [4.78, 5) is 17.9. The first-order valence-corrected chi connectivity index (χ1v) is 4.59. The number of hydrogen-bond donors (Lipinski definition) is 2. The SMILES string of the molecule is COC1(c2nc(N)cc(=O)[nH]2)CCC1. The van der Waals surface area contributed by atoms with Crippen molar-refractivity contribution < 1.29 is 4.74 Å². The lowest BCUT2D eigenvalue weighted by Gasteiger charge is -2.39. The molecule has 1 aromatic heterocycles. The Morgan fingerprint density at radius 3 is 2.79 bits per heavy atom. The smallest absolute Gasteiger partial charge is 0.253 e. The zero-order chi connectivity index (χ0) is 10.2. The van der Waals surface area contributed by atoms with Crippen LogP contribution in [0.25, 0.3) is 0 Å². The van der Waals surface area contributed by atoms with Crippen LogP contribution in [0.5, 0.6) is 0 Å². The van der Waals surface area contributed by atoms with Crippen LogP contribution in [-0.2, 0) is 10.3 Å². The minimum atomic E-state index is -0.408. The molecule has 14 heavy (non-hydrogen) atoms. The quantitative estimate of drug-likeness (QED) is 0.714. The fourth-order valence-electron chi connectivity index (χ4n) is 1.73. The molecule has 5 heteroatoms. The lowest BCUT2D eigenvalue weighted by Crippen LogP contribution is -2.39. The van der Waals surface area contributed by atoms with Crippen molar-refractivity contribution in [1.29, 1.82) is 0 Å². The summed E-state index contributed by atoms with van der Waals surface area (Å²) >= 11 is 0. The molecule has 1 aromatic rings. The van der Waals surface area contributed by atoms with Crippen LogP contribution in [0, 0.1) is 0 Å². The lowest BCUT2D eigenvalue weighted by molar-refractivity contribution is -0.0847. The van der Waals surface area contributed by atoms with E-state index in [0.29, 0.717) is 5.82 Å². The molecule has 0 saturated heterocycles. The Bertz CT molecular complexity index is 390. The Morgan fingerprint density at radius 2 is 2.36 bits per heavy atom. The van der Waals surface area contributed by atoms with E-state index in [1.807, 2.05) is 0 Å². The van der Waals surface area contributed by atoms with Gasteiger partial charge in [0.1, 0.15) is 17.2 Å². The van der Waals surface area contributed by atoms with E-state index < -0.39 is 5.60 Å². The van der Waals surface area contributed by atoms with Crippen LogP contribution in [0.1, 0.15) is 25.1 Å². The van der Waals surface area contributed by atoms with Crippen LogP contribution in [0.2, 0.25) is 0 Å². The van der Waals surface area contributed by atoms with Gasteiger partial charge in [0.2, 0.25) is 0 Å². The molecule has 1 aliphatic rings. The molecule has 0 unspecified atom stereocenters. The summed E-state index contributed by atoms with van der Waals surface area (Å²) in [7, 11) is 1.63. The second-order valence-corrected chi connectivity index (χ2v) is 3.57. The van der Waals surface area contributed by atoms with Gasteiger partial charge in [0.25, 0.3) is 5.56 Å². The summed E-state index contributed by atoms with van der Waals surface area (Å²) in [5, 5.41) is 0. The minimum Gasteiger partial charge on any atom is -0.383 e. The molecule has 1 fully saturated rings. The fraction of sp³-hybridized carbons (Fsp3) is 0.556. The number of nitrogens with zero attached hydrogens (tertiary/aromatic N) is 1. The number of aromatic amines is 1. The summed E-state index contributed by atoms with van der Waals surface area (Å²) < 4.78 is 5.38. The molecule has 1 heterocycles. The maximum absolute atomic E-state index is 11.2. The predicted molar refractivity (Wildman–Crippen MR) is 51.8 cm³/mol. The number of aromatic nitrogens is 2. The average molecular weight is 195 g/mol. The molecule has 3 N–H and O–H groups in total. The molecule has 0 radical (unpaired) electrons. The zero-order valence-corrected chi connectivity index (χ0v) is 8.04. The molecule has 5 nitrogen and oxygen atoms in total. The third-order valence-corrected chi connectivity index (χ3v) is 2.75. The molecule has 0 atom stereocenters. The van der Waals surface area contributed by atoms with Crippen molar-refractivity contribution >= 4 is 5.82 Å². The second-order valence-electron chi connectivity index (χ2n) is 3.57. The van der Waals surface area contributed by atoms with E-state index in [4.69, 9.17) is 10.5 Å². The average Bonchev–Trinajstić information content (AvgIpc) is 2.01. The second kappa shape index (κ2) is 3.09. The van der Waals surface area contributed by atoms with Crippen molar-refractivity contribution in [2.45, 2.75) is 24.9 Å². The highest BCUT2D eigenvalue weighted by Gasteiger charge is 2.41. The summed E-state index contributed by atoms with van der Waals surface area (Å²) in [6, 6.07) is 1.27. The molecule has 0 spiro atoms. The largest absolute Gasteiger partial charge is 0.383 e. The van der Waals surface area contributed by atoms with Gasteiger partial charge in [0.05, 0.1) is 0 Å². The normalized spacial score (nSPS) is 18.9. The zero-order valence-electron chi connectivity index (χ0n) is 8.04. The number of anilines is 1. The van der Waals surface area contributed by atoms with Gasteiger partial charge in [-0.2, -0.15) is 0 Å². The van der Waals surface area contributed by atoms with Crippen LogP contribution >= 0.6 is 0 Å². The number of H-pyrrole nitrogens is 1. The molecule has 2 rings (SSSR count). The third-order valence-electron chi connectivity index (χ3n) is 2.75. The Labute approximate surface area is 81.3 Å². The highest BCUT2D eigenvalue weighted by atomic mass is 16.5. The highest BCUT2D eigenvalue weighted by Crippen LogP contribution is 2.42. The van der Waals surface area contributed by atoms with Gasteiger partial charge in [0, 0.05) is 13.2 Å². The number of rotatable bonds is 2. The van der Waals surface area contributed by atoms with E-state index in [-0.39, 0.29) is 11.4 Å². The Kier molecular flexibility index (Phi) is 2.03. The monoisotopic (exact) mass is 195 g/mol. The van der Waals surface area contributed by atoms with Gasteiger partial charge in [-0.1, -0.05) is 0 Å². The first kappa shape index (κ1) is 9.21. The first-order valence-electron chi connectivity index (χ1n) is 4.59. The first-order chi connectivity index (χ1) is 6.66. The number of hydrogen-bond acceptors (Lipinski definition) is 4. The van der Waals surface area contributed by atoms with Crippen molar-refractivity contribution in [2.24, 2.45) is 0 Å². The molecule has 0 aliphatic heterocycles. The topological polar surface area (TPSA) is 81.0 Å². The van der Waals surface area contributed by atoms with Crippen LogP contribution in [0.15, 0.2) is 10.9 Å². The van der Waals surface area contributed by atoms with Gasteiger partial charge in [0.15, 0.2) is 0 Å². The van der Waals surface area contributed by atoms with Crippen LogP contribution in [0.4, 0.5) is 5.82 Å².